The highest BCUT2D eigenvalue weighted by molar-refractivity contribution is 5.78. The molecule has 0 saturated carbocycles. The van der Waals surface area contributed by atoms with Crippen LogP contribution in [0.3, 0.4) is 0 Å². The Kier molecular flexibility index (Phi) is 3.12. The normalized spacial score (nSPS) is 11.8. The summed E-state index contributed by atoms with van der Waals surface area (Å²) in [6, 6.07) is 12.4. The summed E-state index contributed by atoms with van der Waals surface area (Å²) in [6.07, 6.45) is -4.33. The van der Waals surface area contributed by atoms with Crippen LogP contribution in [0.2, 0.25) is 0 Å². The van der Waals surface area contributed by atoms with E-state index in [1.54, 1.807) is 6.92 Å². The summed E-state index contributed by atoms with van der Waals surface area (Å²) in [5.41, 5.74) is 2.73. The van der Waals surface area contributed by atoms with Crippen molar-refractivity contribution in [2.75, 3.05) is 0 Å². The van der Waals surface area contributed by atoms with E-state index in [2.05, 4.69) is 9.97 Å². The topological polar surface area (TPSA) is 25.8 Å². The van der Waals surface area contributed by atoms with Gasteiger partial charge in [-0.25, -0.2) is 9.97 Å². The molecular formula is C16H11F3N2. The van der Waals surface area contributed by atoms with E-state index in [9.17, 15) is 13.2 Å². The molecular weight excluding hydrogens is 277 g/mol. The Bertz CT molecular complexity index is 793. The fourth-order valence-electron chi connectivity index (χ4n) is 2.18. The average molecular weight is 288 g/mol. The van der Waals surface area contributed by atoms with Crippen LogP contribution in [0.15, 0.2) is 48.5 Å². The van der Waals surface area contributed by atoms with Crippen molar-refractivity contribution in [1.82, 2.24) is 9.97 Å². The Labute approximate surface area is 119 Å². The lowest BCUT2D eigenvalue weighted by atomic mass is 10.1. The molecule has 1 aromatic heterocycles. The minimum Gasteiger partial charge on any atom is -0.249 e. The molecule has 0 unspecified atom stereocenters. The molecule has 0 atom stereocenters. The van der Waals surface area contributed by atoms with Crippen molar-refractivity contribution in [3.63, 3.8) is 0 Å². The van der Waals surface area contributed by atoms with Gasteiger partial charge < -0.3 is 0 Å². The zero-order valence-electron chi connectivity index (χ0n) is 11.1. The molecule has 0 amide bonds. The smallest absolute Gasteiger partial charge is 0.249 e. The van der Waals surface area contributed by atoms with Crippen molar-refractivity contribution in [3.05, 3.63) is 59.8 Å². The number of benzene rings is 2. The molecule has 21 heavy (non-hydrogen) atoms. The van der Waals surface area contributed by atoms with Gasteiger partial charge in [0.05, 0.1) is 28.0 Å². The van der Waals surface area contributed by atoms with E-state index in [0.717, 1.165) is 23.2 Å². The molecule has 2 aromatic carbocycles. The van der Waals surface area contributed by atoms with Crippen LogP contribution >= 0.6 is 0 Å². The van der Waals surface area contributed by atoms with Crippen LogP contribution in [0, 0.1) is 6.92 Å². The maximum Gasteiger partial charge on any atom is 0.416 e. The molecule has 0 bridgehead atoms. The summed E-state index contributed by atoms with van der Waals surface area (Å²) in [4.78, 5) is 8.93. The lowest BCUT2D eigenvalue weighted by Gasteiger charge is -2.09. The zero-order chi connectivity index (χ0) is 15.0. The summed E-state index contributed by atoms with van der Waals surface area (Å²) in [5.74, 6) is 0. The van der Waals surface area contributed by atoms with E-state index < -0.39 is 11.7 Å². The number of para-hydroxylation sites is 2. The number of aromatic nitrogens is 2. The highest BCUT2D eigenvalue weighted by Gasteiger charge is 2.30. The second-order valence-electron chi connectivity index (χ2n) is 4.72. The van der Waals surface area contributed by atoms with Gasteiger partial charge in [-0.3, -0.25) is 0 Å². The van der Waals surface area contributed by atoms with Crippen LogP contribution in [0.1, 0.15) is 11.3 Å². The predicted molar refractivity (Wildman–Crippen MR) is 74.7 cm³/mol. The van der Waals surface area contributed by atoms with Gasteiger partial charge in [0.25, 0.3) is 0 Å². The quantitative estimate of drug-likeness (QED) is 0.652. The molecule has 5 heteroatoms. The Morgan fingerprint density at radius 3 is 1.95 bits per heavy atom. The molecule has 0 spiro atoms. The highest BCUT2D eigenvalue weighted by atomic mass is 19.4. The van der Waals surface area contributed by atoms with Gasteiger partial charge in [0.15, 0.2) is 0 Å². The monoisotopic (exact) mass is 288 g/mol. The summed E-state index contributed by atoms with van der Waals surface area (Å²) in [5, 5.41) is 0. The van der Waals surface area contributed by atoms with E-state index in [0.29, 0.717) is 17.0 Å². The number of fused-ring (bicyclic) bond motifs is 1. The first kappa shape index (κ1) is 13.5. The Balaban J connectivity index is 2.09. The molecule has 2 nitrogen and oxygen atoms in total. The predicted octanol–water partition coefficient (Wildman–Crippen LogP) is 4.62. The summed E-state index contributed by atoms with van der Waals surface area (Å²) >= 11 is 0. The largest absolute Gasteiger partial charge is 0.416 e. The van der Waals surface area contributed by atoms with Crippen molar-refractivity contribution in [1.29, 1.82) is 0 Å². The molecule has 3 aromatic rings. The number of halogens is 3. The molecule has 0 fully saturated rings. The number of hydrogen-bond donors (Lipinski definition) is 0. The number of hydrogen-bond acceptors (Lipinski definition) is 2. The van der Waals surface area contributed by atoms with Gasteiger partial charge in [0.2, 0.25) is 0 Å². The zero-order valence-corrected chi connectivity index (χ0v) is 11.1. The molecule has 0 saturated heterocycles. The van der Waals surface area contributed by atoms with Crippen molar-refractivity contribution < 1.29 is 13.2 Å². The third-order valence-electron chi connectivity index (χ3n) is 3.23. The number of aryl methyl sites for hydroxylation is 1. The third kappa shape index (κ3) is 2.59. The van der Waals surface area contributed by atoms with Gasteiger partial charge in [-0.15, -0.1) is 0 Å². The molecule has 0 aliphatic heterocycles. The van der Waals surface area contributed by atoms with Gasteiger partial charge in [0.1, 0.15) is 0 Å². The van der Waals surface area contributed by atoms with E-state index in [1.165, 1.54) is 12.1 Å². The van der Waals surface area contributed by atoms with Crippen molar-refractivity contribution in [3.8, 4) is 11.3 Å². The van der Waals surface area contributed by atoms with Gasteiger partial charge >= 0.3 is 6.18 Å². The number of rotatable bonds is 1. The fourth-order valence-corrected chi connectivity index (χ4v) is 2.18. The van der Waals surface area contributed by atoms with E-state index in [-0.39, 0.29) is 0 Å². The molecule has 0 aliphatic rings. The Hall–Kier alpha value is -2.43. The number of nitrogens with zero attached hydrogens (tertiary/aromatic N) is 2. The van der Waals surface area contributed by atoms with Crippen molar-refractivity contribution in [2.24, 2.45) is 0 Å². The van der Waals surface area contributed by atoms with Gasteiger partial charge in [-0.2, -0.15) is 13.2 Å². The van der Waals surface area contributed by atoms with E-state index in [4.69, 9.17) is 0 Å². The summed E-state index contributed by atoms with van der Waals surface area (Å²) in [7, 11) is 0. The molecule has 1 heterocycles. The molecule has 0 aliphatic carbocycles. The molecule has 3 rings (SSSR count). The third-order valence-corrected chi connectivity index (χ3v) is 3.23. The van der Waals surface area contributed by atoms with Crippen LogP contribution in [0.5, 0.6) is 0 Å². The van der Waals surface area contributed by atoms with Gasteiger partial charge in [-0.05, 0) is 31.2 Å². The first-order valence-electron chi connectivity index (χ1n) is 6.36. The average Bonchev–Trinajstić information content (AvgIpc) is 2.46. The molecule has 0 radical (unpaired) electrons. The minimum atomic E-state index is -4.33. The van der Waals surface area contributed by atoms with Crippen molar-refractivity contribution >= 4 is 11.0 Å². The van der Waals surface area contributed by atoms with Crippen LogP contribution in [0.25, 0.3) is 22.3 Å². The fraction of sp³-hybridized carbons (Fsp3) is 0.125. The second-order valence-corrected chi connectivity index (χ2v) is 4.72. The lowest BCUT2D eigenvalue weighted by Crippen LogP contribution is -2.04. The van der Waals surface area contributed by atoms with Crippen molar-refractivity contribution in [2.45, 2.75) is 13.1 Å². The van der Waals surface area contributed by atoms with Crippen LogP contribution in [-0.2, 0) is 6.18 Å². The summed E-state index contributed by atoms with van der Waals surface area (Å²) < 4.78 is 37.7. The number of alkyl halides is 3. The maximum absolute atomic E-state index is 12.6. The Morgan fingerprint density at radius 2 is 1.38 bits per heavy atom. The van der Waals surface area contributed by atoms with E-state index >= 15 is 0 Å². The Morgan fingerprint density at radius 1 is 0.810 bits per heavy atom. The first-order valence-corrected chi connectivity index (χ1v) is 6.36. The second kappa shape index (κ2) is 4.84. The van der Waals surface area contributed by atoms with E-state index in [1.807, 2.05) is 24.3 Å². The SMILES string of the molecule is Cc1nc2ccccc2nc1-c1ccc(C(F)(F)F)cc1. The van der Waals surface area contributed by atoms with Gasteiger partial charge in [-0.1, -0.05) is 24.3 Å². The molecule has 0 N–H and O–H groups in total. The lowest BCUT2D eigenvalue weighted by molar-refractivity contribution is -0.137. The highest BCUT2D eigenvalue weighted by Crippen LogP contribution is 2.31. The summed E-state index contributed by atoms with van der Waals surface area (Å²) in [6.45, 7) is 1.80. The first-order chi connectivity index (χ1) is 9.95. The van der Waals surface area contributed by atoms with Crippen LogP contribution in [-0.4, -0.2) is 9.97 Å². The van der Waals surface area contributed by atoms with Gasteiger partial charge in [0, 0.05) is 5.56 Å². The molecule has 106 valence electrons. The maximum atomic E-state index is 12.6. The van der Waals surface area contributed by atoms with Crippen LogP contribution < -0.4 is 0 Å². The standard InChI is InChI=1S/C16H11F3N2/c1-10-15(21-14-5-3-2-4-13(14)20-10)11-6-8-12(9-7-11)16(17,18)19/h2-9H,1H3. The minimum absolute atomic E-state index is 0.599. The van der Waals surface area contributed by atoms with Crippen LogP contribution in [0.4, 0.5) is 13.2 Å².